The van der Waals surface area contributed by atoms with Gasteiger partial charge in [-0.05, 0) is 62.1 Å². The molecule has 2 aromatic rings. The van der Waals surface area contributed by atoms with Gasteiger partial charge >= 0.3 is 5.97 Å². The van der Waals surface area contributed by atoms with Crippen molar-refractivity contribution in [1.29, 1.82) is 0 Å². The van der Waals surface area contributed by atoms with Gasteiger partial charge in [-0.1, -0.05) is 12.1 Å². The number of carbonyl (C=O) groups excluding carboxylic acids is 2. The van der Waals surface area contributed by atoms with Gasteiger partial charge in [-0.25, -0.2) is 4.79 Å². The molecule has 0 heterocycles. The summed E-state index contributed by atoms with van der Waals surface area (Å²) in [4.78, 5) is 34.4. The van der Waals surface area contributed by atoms with E-state index in [1.54, 1.807) is 19.9 Å². The molecule has 0 radical (unpaired) electrons. The summed E-state index contributed by atoms with van der Waals surface area (Å²) >= 11 is 0. The van der Waals surface area contributed by atoms with Gasteiger partial charge in [0.2, 0.25) is 0 Å². The molecular formula is C20H22N2O6. The summed E-state index contributed by atoms with van der Waals surface area (Å²) in [7, 11) is 0. The minimum absolute atomic E-state index is 0.0563. The van der Waals surface area contributed by atoms with E-state index >= 15 is 0 Å². The van der Waals surface area contributed by atoms with Crippen molar-refractivity contribution in [3.05, 3.63) is 62.7 Å². The quantitative estimate of drug-likeness (QED) is 0.444. The zero-order valence-electron chi connectivity index (χ0n) is 16.2. The smallest absolute Gasteiger partial charge is 0.344 e. The predicted octanol–water partition coefficient (Wildman–Crippen LogP) is 3.39. The van der Waals surface area contributed by atoms with Crippen molar-refractivity contribution < 1.29 is 24.0 Å². The Labute approximate surface area is 162 Å². The summed E-state index contributed by atoms with van der Waals surface area (Å²) in [6.07, 6.45) is 0. The average molecular weight is 386 g/mol. The van der Waals surface area contributed by atoms with Gasteiger partial charge in [-0.15, -0.1) is 0 Å². The first-order valence-electron chi connectivity index (χ1n) is 8.59. The maximum absolute atomic E-state index is 12.0. The van der Waals surface area contributed by atoms with Gasteiger partial charge in [0, 0.05) is 6.07 Å². The lowest BCUT2D eigenvalue weighted by Gasteiger charge is -2.11. The molecule has 0 bridgehead atoms. The Kier molecular flexibility index (Phi) is 6.70. The number of rotatable bonds is 7. The van der Waals surface area contributed by atoms with Gasteiger partial charge in [-0.2, -0.15) is 0 Å². The van der Waals surface area contributed by atoms with Gasteiger partial charge in [0.05, 0.1) is 4.92 Å². The molecular weight excluding hydrogens is 364 g/mol. The first-order chi connectivity index (χ1) is 13.2. The van der Waals surface area contributed by atoms with Crippen molar-refractivity contribution in [3.63, 3.8) is 0 Å². The molecule has 0 aromatic heterocycles. The molecule has 148 valence electrons. The van der Waals surface area contributed by atoms with Crippen molar-refractivity contribution in [1.82, 2.24) is 0 Å². The molecule has 0 fully saturated rings. The largest absolute Gasteiger partial charge is 0.482 e. The topological polar surface area (TPSA) is 108 Å². The zero-order valence-corrected chi connectivity index (χ0v) is 16.2. The number of amides is 1. The number of nitro benzene ring substituents is 1. The number of nitrogens with one attached hydrogen (secondary N) is 1. The van der Waals surface area contributed by atoms with Crippen LogP contribution in [0.1, 0.15) is 22.3 Å². The van der Waals surface area contributed by atoms with E-state index < -0.39 is 23.4 Å². The van der Waals surface area contributed by atoms with Crippen molar-refractivity contribution in [2.45, 2.75) is 27.7 Å². The van der Waals surface area contributed by atoms with Gasteiger partial charge in [0.1, 0.15) is 11.4 Å². The van der Waals surface area contributed by atoms with Gasteiger partial charge in [0.25, 0.3) is 11.6 Å². The second-order valence-electron chi connectivity index (χ2n) is 6.41. The molecule has 2 rings (SSSR count). The number of nitro groups is 1. The number of carbonyl (C=O) groups is 2. The van der Waals surface area contributed by atoms with Crippen LogP contribution in [0.15, 0.2) is 30.3 Å². The lowest BCUT2D eigenvalue weighted by Crippen LogP contribution is -2.24. The summed E-state index contributed by atoms with van der Waals surface area (Å²) in [5.41, 5.74) is 3.30. The maximum atomic E-state index is 12.0. The SMILES string of the molecule is Cc1cc(NC(=O)COC(=O)COc2cccc(C)c2C)c([N+](=O)[O-])cc1C. The zero-order chi connectivity index (χ0) is 20.8. The first-order valence-corrected chi connectivity index (χ1v) is 8.59. The Morgan fingerprint density at radius 1 is 1.04 bits per heavy atom. The molecule has 0 saturated heterocycles. The molecule has 0 aliphatic rings. The van der Waals surface area contributed by atoms with Crippen LogP contribution in [-0.4, -0.2) is 30.0 Å². The van der Waals surface area contributed by atoms with Crippen LogP contribution in [0, 0.1) is 37.8 Å². The van der Waals surface area contributed by atoms with Crippen LogP contribution in [0.4, 0.5) is 11.4 Å². The first kappa shape index (κ1) is 20.9. The summed E-state index contributed by atoms with van der Waals surface area (Å²) in [5.74, 6) is -0.829. The minimum atomic E-state index is -0.717. The monoisotopic (exact) mass is 386 g/mol. The third-order valence-corrected chi connectivity index (χ3v) is 4.35. The van der Waals surface area contributed by atoms with Crippen molar-refractivity contribution >= 4 is 23.3 Å². The third kappa shape index (κ3) is 5.29. The lowest BCUT2D eigenvalue weighted by molar-refractivity contribution is -0.384. The molecule has 8 heteroatoms. The van der Waals surface area contributed by atoms with E-state index in [0.717, 1.165) is 22.3 Å². The molecule has 0 atom stereocenters. The molecule has 0 unspecified atom stereocenters. The summed E-state index contributed by atoms with van der Waals surface area (Å²) < 4.78 is 10.3. The van der Waals surface area contributed by atoms with Gasteiger partial charge in [-0.3, -0.25) is 14.9 Å². The maximum Gasteiger partial charge on any atom is 0.344 e. The lowest BCUT2D eigenvalue weighted by atomic mass is 10.1. The molecule has 0 aliphatic carbocycles. The highest BCUT2D eigenvalue weighted by Crippen LogP contribution is 2.27. The number of hydrogen-bond acceptors (Lipinski definition) is 6. The summed E-state index contributed by atoms with van der Waals surface area (Å²) in [6, 6.07) is 8.37. The fourth-order valence-corrected chi connectivity index (χ4v) is 2.44. The number of nitrogens with zero attached hydrogens (tertiary/aromatic N) is 1. The summed E-state index contributed by atoms with van der Waals surface area (Å²) in [5, 5.41) is 13.6. The molecule has 0 aliphatic heterocycles. The van der Waals surface area contributed by atoms with Crippen LogP contribution in [0.5, 0.6) is 5.75 Å². The third-order valence-electron chi connectivity index (χ3n) is 4.35. The Bertz CT molecular complexity index is 923. The fraction of sp³-hybridized carbons (Fsp3) is 0.300. The van der Waals surface area contributed by atoms with Crippen LogP contribution < -0.4 is 10.1 Å². The molecule has 8 nitrogen and oxygen atoms in total. The Balaban J connectivity index is 1.90. The number of hydrogen-bond donors (Lipinski definition) is 1. The standard InChI is InChI=1S/C20H22N2O6/c1-12-6-5-7-18(15(12)4)27-11-20(24)28-10-19(23)21-16-8-13(2)14(3)9-17(16)22(25)26/h5-9H,10-11H2,1-4H3,(H,21,23). The highest BCUT2D eigenvalue weighted by atomic mass is 16.6. The Morgan fingerprint density at radius 2 is 1.71 bits per heavy atom. The van der Waals surface area contributed by atoms with Crippen molar-refractivity contribution in [2.24, 2.45) is 0 Å². The molecule has 1 N–H and O–H groups in total. The average Bonchev–Trinajstić information content (AvgIpc) is 2.63. The Hall–Kier alpha value is -3.42. The van der Waals surface area contributed by atoms with Crippen LogP contribution in [0.2, 0.25) is 0 Å². The minimum Gasteiger partial charge on any atom is -0.482 e. The molecule has 1 amide bonds. The van der Waals surface area contributed by atoms with Crippen molar-refractivity contribution in [3.8, 4) is 5.75 Å². The van der Waals surface area contributed by atoms with E-state index in [9.17, 15) is 19.7 Å². The number of aryl methyl sites for hydroxylation is 3. The second-order valence-corrected chi connectivity index (χ2v) is 6.41. The van der Waals surface area contributed by atoms with Gasteiger partial charge < -0.3 is 14.8 Å². The van der Waals surface area contributed by atoms with Crippen LogP contribution in [0.25, 0.3) is 0 Å². The molecule has 0 saturated carbocycles. The van der Waals surface area contributed by atoms with Crippen LogP contribution in [0.3, 0.4) is 0 Å². The fourth-order valence-electron chi connectivity index (χ4n) is 2.44. The molecule has 0 spiro atoms. The Morgan fingerprint density at radius 3 is 2.39 bits per heavy atom. The molecule has 2 aromatic carbocycles. The number of esters is 1. The van der Waals surface area contributed by atoms with E-state index in [1.165, 1.54) is 12.1 Å². The van der Waals surface area contributed by atoms with E-state index in [4.69, 9.17) is 9.47 Å². The highest BCUT2D eigenvalue weighted by Gasteiger charge is 2.18. The van der Waals surface area contributed by atoms with Crippen LogP contribution in [-0.2, 0) is 14.3 Å². The number of anilines is 1. The number of benzene rings is 2. The van der Waals surface area contributed by atoms with E-state index in [2.05, 4.69) is 5.32 Å². The highest BCUT2D eigenvalue weighted by molar-refractivity contribution is 5.95. The normalized spacial score (nSPS) is 10.3. The summed E-state index contributed by atoms with van der Waals surface area (Å²) in [6.45, 7) is 6.40. The molecule has 28 heavy (non-hydrogen) atoms. The van der Waals surface area contributed by atoms with Gasteiger partial charge in [0.15, 0.2) is 13.2 Å². The van der Waals surface area contributed by atoms with E-state index in [1.807, 2.05) is 26.0 Å². The van der Waals surface area contributed by atoms with Crippen molar-refractivity contribution in [2.75, 3.05) is 18.5 Å². The number of ether oxygens (including phenoxy) is 2. The van der Waals surface area contributed by atoms with E-state index in [-0.39, 0.29) is 18.0 Å². The second kappa shape index (κ2) is 8.98. The van der Waals surface area contributed by atoms with E-state index in [0.29, 0.717) is 5.75 Å². The van der Waals surface area contributed by atoms with Crippen LogP contribution >= 0.6 is 0 Å². The predicted molar refractivity (Wildman–Crippen MR) is 104 cm³/mol.